The normalized spacial score (nSPS) is 34.8. The lowest BCUT2D eigenvalue weighted by atomic mass is 10.2. The van der Waals surface area contributed by atoms with Gasteiger partial charge in [0.15, 0.2) is 74.0 Å². The van der Waals surface area contributed by atoms with Crippen molar-refractivity contribution in [3.05, 3.63) is 0 Å². The van der Waals surface area contributed by atoms with E-state index in [1.807, 2.05) is 20.6 Å². The predicted octanol–water partition coefficient (Wildman–Crippen LogP) is -7.33. The van der Waals surface area contributed by atoms with Gasteiger partial charge in [0.1, 0.15) is 111 Å². The maximum atomic E-state index is 15.1. The first kappa shape index (κ1) is 69.1. The Morgan fingerprint density at radius 3 is 0.505 bits per heavy atom. The van der Waals surface area contributed by atoms with E-state index in [-0.39, 0.29) is 48.8 Å². The molecule has 0 aromatic rings. The Hall–Kier alpha value is -13.0. The monoisotopic (exact) mass is 1540 g/mol. The van der Waals surface area contributed by atoms with Crippen LogP contribution in [0.1, 0.15) is 13.8 Å². The molecule has 0 unspecified atom stereocenters. The van der Waals surface area contributed by atoms with E-state index in [1.165, 1.54) is 118 Å². The fraction of sp³-hybridized carbons (Fsp3) is 0.618. The largest absolute Gasteiger partial charge is 0.394 e. The van der Waals surface area contributed by atoms with Gasteiger partial charge in [0.25, 0.3) is 0 Å². The SMILES string of the molecule is C#C.C#C.C=O.CCN1C(=O)N(C)C2C1N(CC)C(=O)N2C.O=C1N2CN3C(=O)N4CN5C(=O)N6CN7C(=O)N8CN9C(=O)N%10CN%11C(=O)N%12CN1C1C2N2CN%13C(=O)N(CN%14C(=O)N(CN%15C(=O)N(CN%16C(=O)N(CN%17C(=O)N(CN1C2=O)C%12C%11%17)C%10C9%16)C8C7%15)C6C5%14)C4C3%13.O=C1NC2NC(=O)NC2N1.O=S(=O)(O)O. The molecule has 109 heavy (non-hydrogen) atoms. The van der Waals surface area contributed by atoms with Crippen molar-refractivity contribution in [3.63, 3.8) is 0 Å². The van der Waals surface area contributed by atoms with Crippen LogP contribution in [-0.2, 0) is 15.2 Å². The average molecular weight is 1550 g/mol. The summed E-state index contributed by atoms with van der Waals surface area (Å²) in [6, 6.07) is -8.43. The van der Waals surface area contributed by atoms with Crippen molar-refractivity contribution in [1.82, 2.24) is 158 Å². The Morgan fingerprint density at radius 2 is 0.394 bits per heavy atom. The van der Waals surface area contributed by atoms with Crippen LogP contribution >= 0.6 is 0 Å². The van der Waals surface area contributed by atoms with E-state index < -0.39 is 237 Å². The number of terminal acetylenes is 2. The standard InChI is InChI=1S/C36H36N24O12.C10H18N4O2.C4H6N4O2.2C2H2.CH2O.H2O4S/c61-25-37-1-38-14-16-42(26(38)62)4-46-18-20-50(30(46)66)8-54-22-24-58(34(54)70)11-57-23-21-53(33(57)69)7-49-19-17-45(29(49)65)3-41(25)15-13(37)39-2-40(14)28(64)44(16)6-48(18)32(68)52(20)10-56(22)36(72)60(24)12-59(23)35(71)55(21)9-51(19)31(67)47(17)5-43(15)27(39)63;1-5-13-8-7(11(3)9(13)15)12(4)10(16)14(8)6-2;9-3-5-1-2(7-3)8-4(10)6-1;3*1-2;1-5(2,3)4/h13-24H,1-12H2;7-8H,5-6H2,1-4H3;1-2H,(H2,5,7,9)(H2,6,8,10);2*1-2H;1H2;(H2,1,2,3,4). The number of carbonyl (C=O) groups is 17. The van der Waals surface area contributed by atoms with Gasteiger partial charge in [-0.05, 0) is 13.8 Å². The molecule has 22 aliphatic heterocycles. The predicted molar refractivity (Wildman–Crippen MR) is 343 cm³/mol. The second-order valence-corrected chi connectivity index (χ2v) is 29.0. The summed E-state index contributed by atoms with van der Waals surface area (Å²) in [5, 5.41) is 10.0. The lowest BCUT2D eigenvalue weighted by Gasteiger charge is -2.42. The molecule has 22 heterocycles. The highest BCUT2D eigenvalue weighted by Crippen LogP contribution is 2.52. The van der Waals surface area contributed by atoms with Crippen LogP contribution in [0.5, 0.6) is 0 Å². The Kier molecular flexibility index (Phi) is 14.6. The summed E-state index contributed by atoms with van der Waals surface area (Å²) in [6.07, 6.45) is 1.21. The zero-order chi connectivity index (χ0) is 77.9. The fourth-order valence-electron chi connectivity index (χ4n) is 19.7. The molecule has 22 rings (SSSR count). The van der Waals surface area contributed by atoms with Crippen molar-refractivity contribution in [2.45, 2.75) is 112 Å². The molecule has 53 nitrogen and oxygen atoms in total. The van der Waals surface area contributed by atoms with E-state index in [0.29, 0.717) is 13.1 Å². The van der Waals surface area contributed by atoms with Gasteiger partial charge in [-0.2, -0.15) is 8.42 Å². The van der Waals surface area contributed by atoms with Gasteiger partial charge in [0.05, 0.1) is 0 Å². The van der Waals surface area contributed by atoms with Crippen LogP contribution in [0.4, 0.5) is 76.7 Å². The van der Waals surface area contributed by atoms with Crippen LogP contribution in [0.25, 0.3) is 0 Å². The second-order valence-electron chi connectivity index (χ2n) is 28.2. The highest BCUT2D eigenvalue weighted by Gasteiger charge is 2.76. The minimum absolute atomic E-state index is 0.00435. The van der Waals surface area contributed by atoms with Gasteiger partial charge in [-0.15, -0.1) is 25.7 Å². The summed E-state index contributed by atoms with van der Waals surface area (Å²) in [7, 11) is -1.17. The van der Waals surface area contributed by atoms with Crippen molar-refractivity contribution >= 4 is 114 Å². The molecule has 0 spiro atoms. The highest BCUT2D eigenvalue weighted by atomic mass is 32.3. The molecule has 6 N–H and O–H groups in total. The van der Waals surface area contributed by atoms with E-state index in [2.05, 4.69) is 47.0 Å². The van der Waals surface area contributed by atoms with Crippen LogP contribution in [0.2, 0.25) is 0 Å². The molecular weight excluding hydrogens is 1480 g/mol. The van der Waals surface area contributed by atoms with Gasteiger partial charge < -0.3 is 45.7 Å². The molecule has 32 amide bonds. The van der Waals surface area contributed by atoms with E-state index in [1.54, 1.807) is 33.7 Å². The van der Waals surface area contributed by atoms with Gasteiger partial charge in [-0.3, -0.25) is 127 Å². The van der Waals surface area contributed by atoms with E-state index in [4.69, 9.17) is 22.3 Å². The molecule has 0 atom stereocenters. The van der Waals surface area contributed by atoms with Crippen molar-refractivity contribution in [2.24, 2.45) is 0 Å². The first-order chi connectivity index (χ1) is 52.0. The number of hydrogen-bond donors (Lipinski definition) is 6. The van der Waals surface area contributed by atoms with E-state index in [0.717, 1.165) is 0 Å². The second kappa shape index (κ2) is 23.0. The average Bonchev–Trinajstić information content (AvgIpc) is 1.51. The number of urea groups is 16. The van der Waals surface area contributed by atoms with Gasteiger partial charge in [0.2, 0.25) is 0 Å². The number of amides is 32. The Bertz CT molecular complexity index is 3480. The summed E-state index contributed by atoms with van der Waals surface area (Å²) in [5.74, 6) is 0. The van der Waals surface area contributed by atoms with Gasteiger partial charge >= 0.3 is 107 Å². The first-order valence-electron chi connectivity index (χ1n) is 33.8. The quantitative estimate of drug-likeness (QED) is 0.110. The van der Waals surface area contributed by atoms with Crippen LogP contribution in [0.3, 0.4) is 0 Å². The molecule has 22 aliphatic rings. The number of fused-ring (bicyclic) bond motifs is 2. The zero-order valence-electron chi connectivity index (χ0n) is 57.7. The number of hydrogen-bond acceptors (Lipinski definition) is 19. The molecule has 54 heteroatoms. The summed E-state index contributed by atoms with van der Waals surface area (Å²) < 4.78 is 31.6. The number of nitrogens with one attached hydrogen (secondary N) is 4. The molecule has 0 aromatic heterocycles. The maximum absolute atomic E-state index is 15.1. The highest BCUT2D eigenvalue weighted by molar-refractivity contribution is 7.79. The molecule has 0 radical (unpaired) electrons. The summed E-state index contributed by atoms with van der Waals surface area (Å²) in [6.45, 7) is 1.64. The summed E-state index contributed by atoms with van der Waals surface area (Å²) in [4.78, 5) is 273. The summed E-state index contributed by atoms with van der Waals surface area (Å²) in [5.41, 5.74) is 0. The van der Waals surface area contributed by atoms with Crippen LogP contribution in [-0.4, -0.2) is 464 Å². The lowest BCUT2D eigenvalue weighted by Crippen LogP contribution is -2.63. The van der Waals surface area contributed by atoms with Gasteiger partial charge in [-0.1, -0.05) is 0 Å². The Balaban J connectivity index is 0.000000194. The van der Waals surface area contributed by atoms with Crippen molar-refractivity contribution < 1.29 is 99.0 Å². The van der Waals surface area contributed by atoms with Crippen LogP contribution < -0.4 is 21.3 Å². The molecular formula is C55H68N32O21S. The number of carbonyl (C=O) groups excluding carboxylic acids is 17. The molecule has 0 aromatic carbocycles. The van der Waals surface area contributed by atoms with Crippen LogP contribution in [0, 0.1) is 25.7 Å². The van der Waals surface area contributed by atoms with E-state index in [9.17, 15) is 19.2 Å². The zero-order valence-corrected chi connectivity index (χ0v) is 58.6. The molecule has 580 valence electrons. The summed E-state index contributed by atoms with van der Waals surface area (Å²) >= 11 is 0. The van der Waals surface area contributed by atoms with Crippen molar-refractivity contribution in [1.29, 1.82) is 0 Å². The first-order valence-corrected chi connectivity index (χ1v) is 35.2. The third kappa shape index (κ3) is 8.49. The van der Waals surface area contributed by atoms with Gasteiger partial charge in [-0.25, -0.2) is 76.7 Å². The van der Waals surface area contributed by atoms with Crippen molar-refractivity contribution in [3.8, 4) is 25.7 Å². The number of likely N-dealkylation sites (N-methyl/N-ethyl adjacent to an activating group) is 4. The molecule has 0 saturated carbocycles. The topological polar surface area (TPSA) is 504 Å². The number of rotatable bonds is 2. The minimum atomic E-state index is -4.67. The molecule has 0 aliphatic carbocycles. The van der Waals surface area contributed by atoms with Crippen LogP contribution in [0.15, 0.2) is 0 Å². The van der Waals surface area contributed by atoms with Crippen molar-refractivity contribution in [2.75, 3.05) is 107 Å². The van der Waals surface area contributed by atoms with E-state index >= 15 is 57.5 Å². The smallest absolute Gasteiger partial charge is 0.314 e. The number of nitrogens with zero attached hydrogens (tertiary/aromatic N) is 28. The Morgan fingerprint density at radius 1 is 0.275 bits per heavy atom. The third-order valence-electron chi connectivity index (χ3n) is 23.8. The molecule has 0 bridgehead atoms. The maximum Gasteiger partial charge on any atom is 0.394 e. The molecule has 22 saturated heterocycles. The Labute approximate surface area is 614 Å². The lowest BCUT2D eigenvalue weighted by molar-refractivity contribution is -0.0980. The fourth-order valence-corrected chi connectivity index (χ4v) is 19.7. The van der Waals surface area contributed by atoms with Gasteiger partial charge in [0, 0.05) is 27.2 Å². The molecule has 22 fully saturated rings. The minimum Gasteiger partial charge on any atom is -0.314 e. The third-order valence-corrected chi connectivity index (χ3v) is 23.8.